The smallest absolute Gasteiger partial charge is 0.287 e. The van der Waals surface area contributed by atoms with E-state index < -0.39 is 10.8 Å². The Balaban J connectivity index is 2.03. The topological polar surface area (TPSA) is 119 Å². The van der Waals surface area contributed by atoms with Crippen LogP contribution in [0.3, 0.4) is 0 Å². The van der Waals surface area contributed by atoms with Gasteiger partial charge in [0.15, 0.2) is 0 Å². The van der Waals surface area contributed by atoms with E-state index in [9.17, 15) is 19.7 Å². The second-order valence-corrected chi connectivity index (χ2v) is 6.55. The molecule has 0 aromatic carbocycles. The van der Waals surface area contributed by atoms with E-state index >= 15 is 0 Å². The van der Waals surface area contributed by atoms with Gasteiger partial charge in [0, 0.05) is 32.9 Å². The van der Waals surface area contributed by atoms with Crippen LogP contribution in [0, 0.1) is 10.1 Å². The monoisotopic (exact) mass is 376 g/mol. The van der Waals surface area contributed by atoms with Crippen LogP contribution in [-0.2, 0) is 0 Å². The number of hydrogen-bond acceptors (Lipinski definition) is 5. The highest BCUT2D eigenvalue weighted by Crippen LogP contribution is 2.19. The summed E-state index contributed by atoms with van der Waals surface area (Å²) >= 11 is 0. The molecular formula is C17H24N6O4. The van der Waals surface area contributed by atoms with Crippen LogP contribution < -0.4 is 4.90 Å². The highest BCUT2D eigenvalue weighted by molar-refractivity contribution is 6.05. The second-order valence-electron chi connectivity index (χ2n) is 6.55. The van der Waals surface area contributed by atoms with Gasteiger partial charge in [-0.15, -0.1) is 0 Å². The molecule has 0 saturated carbocycles. The number of aromatic amines is 2. The third kappa shape index (κ3) is 4.94. The van der Waals surface area contributed by atoms with Crippen molar-refractivity contribution >= 4 is 23.2 Å². The molecule has 0 unspecified atom stereocenters. The molecule has 0 bridgehead atoms. The first kappa shape index (κ1) is 20.2. The fourth-order valence-electron chi connectivity index (χ4n) is 2.54. The van der Waals surface area contributed by atoms with Crippen LogP contribution in [0.5, 0.6) is 0 Å². The van der Waals surface area contributed by atoms with Gasteiger partial charge in [-0.1, -0.05) is 0 Å². The van der Waals surface area contributed by atoms with E-state index in [0.717, 1.165) is 19.2 Å². The van der Waals surface area contributed by atoms with E-state index in [1.54, 1.807) is 24.2 Å². The van der Waals surface area contributed by atoms with Crippen molar-refractivity contribution in [2.24, 2.45) is 0 Å². The number of rotatable bonds is 8. The maximum absolute atomic E-state index is 12.5. The van der Waals surface area contributed by atoms with Crippen molar-refractivity contribution in [1.29, 1.82) is 0 Å². The number of nitrogens with zero attached hydrogens (tertiary/aromatic N) is 4. The lowest BCUT2D eigenvalue weighted by Crippen LogP contribution is -2.30. The predicted molar refractivity (Wildman–Crippen MR) is 101 cm³/mol. The number of nitro groups is 1. The third-order valence-electron chi connectivity index (χ3n) is 4.14. The second kappa shape index (κ2) is 8.49. The number of hydrogen-bond donors (Lipinski definition) is 2. The highest BCUT2D eigenvalue weighted by Gasteiger charge is 2.21. The molecule has 0 spiro atoms. The molecule has 0 fully saturated rings. The first-order valence-electron chi connectivity index (χ1n) is 8.40. The summed E-state index contributed by atoms with van der Waals surface area (Å²) in [7, 11) is 7.22. The van der Waals surface area contributed by atoms with E-state index in [1.165, 1.54) is 18.0 Å². The van der Waals surface area contributed by atoms with Gasteiger partial charge in [0.05, 0.1) is 16.8 Å². The first-order valence-corrected chi connectivity index (χ1v) is 8.40. The number of aromatic nitrogens is 2. The number of H-pyrrole nitrogens is 2. The molecule has 2 N–H and O–H groups in total. The summed E-state index contributed by atoms with van der Waals surface area (Å²) in [4.78, 5) is 45.6. The van der Waals surface area contributed by atoms with Gasteiger partial charge < -0.3 is 24.7 Å². The molecule has 0 aliphatic carbocycles. The normalized spacial score (nSPS) is 10.9. The fraction of sp³-hybridized carbons (Fsp3) is 0.412. The van der Waals surface area contributed by atoms with E-state index in [0.29, 0.717) is 17.9 Å². The SMILES string of the molecule is CN(C)CCCN(C)C(=O)c1cc(N(C)C(=O)c2cc([N+](=O)[O-])c[nH]2)c[nH]1. The van der Waals surface area contributed by atoms with Crippen molar-refractivity contribution in [1.82, 2.24) is 19.8 Å². The van der Waals surface area contributed by atoms with Crippen molar-refractivity contribution in [3.8, 4) is 0 Å². The molecule has 27 heavy (non-hydrogen) atoms. The molecule has 0 aliphatic rings. The predicted octanol–water partition coefficient (Wildman–Crippen LogP) is 1.55. The molecule has 0 atom stereocenters. The van der Waals surface area contributed by atoms with Gasteiger partial charge in [0.1, 0.15) is 11.4 Å². The number of nitrogens with one attached hydrogen (secondary N) is 2. The molecule has 2 aromatic heterocycles. The Morgan fingerprint density at radius 2 is 1.63 bits per heavy atom. The third-order valence-corrected chi connectivity index (χ3v) is 4.14. The van der Waals surface area contributed by atoms with Gasteiger partial charge in [0.25, 0.3) is 17.5 Å². The minimum atomic E-state index is -0.577. The van der Waals surface area contributed by atoms with Gasteiger partial charge >= 0.3 is 0 Å². The molecule has 0 aliphatic heterocycles. The Kier molecular flexibility index (Phi) is 6.35. The van der Waals surface area contributed by atoms with Crippen LogP contribution in [0.25, 0.3) is 0 Å². The average Bonchev–Trinajstić information content (AvgIpc) is 3.29. The molecule has 2 rings (SSSR count). The Bertz CT molecular complexity index is 825. The van der Waals surface area contributed by atoms with Gasteiger partial charge in [-0.05, 0) is 33.1 Å². The maximum atomic E-state index is 12.5. The minimum absolute atomic E-state index is 0.0964. The minimum Gasteiger partial charge on any atom is -0.355 e. The molecule has 146 valence electrons. The van der Waals surface area contributed by atoms with Gasteiger partial charge in [-0.25, -0.2) is 0 Å². The lowest BCUT2D eigenvalue weighted by atomic mass is 10.3. The quantitative estimate of drug-likeness (QED) is 0.535. The van der Waals surface area contributed by atoms with Crippen LogP contribution in [0.4, 0.5) is 11.4 Å². The lowest BCUT2D eigenvalue weighted by molar-refractivity contribution is -0.384. The summed E-state index contributed by atoms with van der Waals surface area (Å²) in [6.45, 7) is 1.50. The van der Waals surface area contributed by atoms with E-state index in [1.807, 2.05) is 14.1 Å². The number of carbonyl (C=O) groups is 2. The Morgan fingerprint density at radius 1 is 1.00 bits per heavy atom. The molecule has 0 saturated heterocycles. The summed E-state index contributed by atoms with van der Waals surface area (Å²) in [5, 5.41) is 10.7. The lowest BCUT2D eigenvalue weighted by Gasteiger charge is -2.18. The van der Waals surface area contributed by atoms with Gasteiger partial charge in [-0.2, -0.15) is 0 Å². The summed E-state index contributed by atoms with van der Waals surface area (Å²) in [6.07, 6.45) is 3.57. The van der Waals surface area contributed by atoms with Crippen LogP contribution in [0.15, 0.2) is 24.5 Å². The van der Waals surface area contributed by atoms with Crippen molar-refractivity contribution < 1.29 is 14.5 Å². The fourth-order valence-corrected chi connectivity index (χ4v) is 2.54. The van der Waals surface area contributed by atoms with Gasteiger partial charge in [-0.3, -0.25) is 19.7 Å². The van der Waals surface area contributed by atoms with E-state index in [2.05, 4.69) is 14.9 Å². The number of anilines is 1. The molecular weight excluding hydrogens is 352 g/mol. The van der Waals surface area contributed by atoms with Crippen molar-refractivity contribution in [3.05, 3.63) is 46.0 Å². The molecule has 2 aromatic rings. The number of amides is 2. The first-order chi connectivity index (χ1) is 12.7. The Hall–Kier alpha value is -3.14. The molecule has 0 radical (unpaired) electrons. The van der Waals surface area contributed by atoms with Crippen molar-refractivity contribution in [3.63, 3.8) is 0 Å². The van der Waals surface area contributed by atoms with E-state index in [-0.39, 0.29) is 17.3 Å². The molecule has 10 nitrogen and oxygen atoms in total. The van der Waals surface area contributed by atoms with Crippen molar-refractivity contribution in [2.45, 2.75) is 6.42 Å². The summed E-state index contributed by atoms with van der Waals surface area (Å²) in [5.41, 5.74) is 0.770. The Labute approximate surface area is 156 Å². The zero-order valence-electron chi connectivity index (χ0n) is 15.9. The molecule has 2 heterocycles. The van der Waals surface area contributed by atoms with Crippen LogP contribution >= 0.6 is 0 Å². The van der Waals surface area contributed by atoms with E-state index in [4.69, 9.17) is 0 Å². The van der Waals surface area contributed by atoms with Crippen LogP contribution in [0.1, 0.15) is 27.4 Å². The van der Waals surface area contributed by atoms with Crippen LogP contribution in [0.2, 0.25) is 0 Å². The molecule has 2 amide bonds. The summed E-state index contributed by atoms with van der Waals surface area (Å²) < 4.78 is 0. The number of carbonyl (C=O) groups excluding carboxylic acids is 2. The molecule has 10 heteroatoms. The summed E-state index contributed by atoms with van der Waals surface area (Å²) in [5.74, 6) is -0.614. The average molecular weight is 376 g/mol. The van der Waals surface area contributed by atoms with Crippen molar-refractivity contribution in [2.75, 3.05) is 46.2 Å². The van der Waals surface area contributed by atoms with Crippen LogP contribution in [-0.4, -0.2) is 77.8 Å². The highest BCUT2D eigenvalue weighted by atomic mass is 16.6. The zero-order chi connectivity index (χ0) is 20.1. The maximum Gasteiger partial charge on any atom is 0.287 e. The van der Waals surface area contributed by atoms with Gasteiger partial charge in [0.2, 0.25) is 0 Å². The Morgan fingerprint density at radius 3 is 2.22 bits per heavy atom. The standard InChI is InChI=1S/C17H24N6O4/c1-20(2)6-5-7-21(3)16(24)14-8-12(10-18-14)22(4)17(25)15-9-13(11-19-15)23(26)27/h8-11,18-19H,5-7H2,1-4H3. The zero-order valence-corrected chi connectivity index (χ0v) is 15.9. The largest absolute Gasteiger partial charge is 0.355 e. The summed E-state index contributed by atoms with van der Waals surface area (Å²) in [6, 6.07) is 2.76.